The number of hydrogen-bond acceptors (Lipinski definition) is 4. The maximum atomic E-state index is 6.14. The molecule has 0 bridgehead atoms. The summed E-state index contributed by atoms with van der Waals surface area (Å²) in [7, 11) is 2.19. The number of likely N-dealkylation sites (N-methyl/N-ethyl adjacent to an activating group) is 1. The van der Waals surface area contributed by atoms with Crippen LogP contribution in [0.4, 0.5) is 5.69 Å². The van der Waals surface area contributed by atoms with E-state index in [1.165, 1.54) is 22.0 Å². The zero-order valence-electron chi connectivity index (χ0n) is 18.0. The predicted octanol–water partition coefficient (Wildman–Crippen LogP) is 4.86. The molecule has 2 aromatic carbocycles. The standard InChI is InChI=1S/C25H31N3O/c1-25(2,3)20-10-11-26-21(16-20)18-29-22-9-8-19-6-5-7-24(23(19)17-22)28-14-12-27(4)13-15-28/h5-11,16-17H,12-15,18H2,1-4H3. The lowest BCUT2D eigenvalue weighted by Crippen LogP contribution is -2.44. The van der Waals surface area contributed by atoms with Crippen molar-refractivity contribution in [2.75, 3.05) is 38.1 Å². The van der Waals surface area contributed by atoms with Crippen LogP contribution in [0.3, 0.4) is 0 Å². The first-order valence-corrected chi connectivity index (χ1v) is 10.4. The lowest BCUT2D eigenvalue weighted by molar-refractivity contribution is 0.301. The zero-order valence-corrected chi connectivity index (χ0v) is 18.0. The lowest BCUT2D eigenvalue weighted by atomic mass is 9.87. The summed E-state index contributed by atoms with van der Waals surface area (Å²) in [5.74, 6) is 0.891. The number of piperazine rings is 1. The van der Waals surface area contributed by atoms with Crippen molar-refractivity contribution >= 4 is 16.5 Å². The topological polar surface area (TPSA) is 28.6 Å². The van der Waals surface area contributed by atoms with Crippen molar-refractivity contribution in [3.8, 4) is 5.75 Å². The number of nitrogens with zero attached hydrogens (tertiary/aromatic N) is 3. The molecule has 0 N–H and O–H groups in total. The van der Waals surface area contributed by atoms with Gasteiger partial charge >= 0.3 is 0 Å². The molecule has 4 nitrogen and oxygen atoms in total. The quantitative estimate of drug-likeness (QED) is 0.637. The number of anilines is 1. The number of benzene rings is 2. The molecule has 152 valence electrons. The summed E-state index contributed by atoms with van der Waals surface area (Å²) in [6.07, 6.45) is 1.88. The number of aromatic nitrogens is 1. The molecule has 0 saturated carbocycles. The Morgan fingerprint density at radius 3 is 2.52 bits per heavy atom. The van der Waals surface area contributed by atoms with E-state index in [1.807, 2.05) is 6.20 Å². The van der Waals surface area contributed by atoms with Crippen molar-refractivity contribution in [1.82, 2.24) is 9.88 Å². The zero-order chi connectivity index (χ0) is 20.4. The number of fused-ring (bicyclic) bond motifs is 1. The number of hydrogen-bond donors (Lipinski definition) is 0. The average Bonchev–Trinajstić information content (AvgIpc) is 2.72. The van der Waals surface area contributed by atoms with Gasteiger partial charge in [0.15, 0.2) is 0 Å². The van der Waals surface area contributed by atoms with Crippen LogP contribution in [0.15, 0.2) is 54.7 Å². The van der Waals surface area contributed by atoms with Gasteiger partial charge in [-0.1, -0.05) is 39.0 Å². The van der Waals surface area contributed by atoms with Gasteiger partial charge in [-0.3, -0.25) is 4.98 Å². The molecule has 0 radical (unpaired) electrons. The molecule has 1 aromatic heterocycles. The summed E-state index contributed by atoms with van der Waals surface area (Å²) < 4.78 is 6.14. The summed E-state index contributed by atoms with van der Waals surface area (Å²) >= 11 is 0. The molecule has 0 aliphatic carbocycles. The third kappa shape index (κ3) is 4.54. The van der Waals surface area contributed by atoms with E-state index >= 15 is 0 Å². The largest absolute Gasteiger partial charge is 0.487 e. The molecule has 1 saturated heterocycles. The highest BCUT2D eigenvalue weighted by molar-refractivity contribution is 5.95. The second-order valence-electron chi connectivity index (χ2n) is 9.02. The maximum absolute atomic E-state index is 6.14. The van der Waals surface area contributed by atoms with E-state index in [0.717, 1.165) is 37.6 Å². The van der Waals surface area contributed by atoms with Gasteiger partial charge in [0.1, 0.15) is 12.4 Å². The van der Waals surface area contributed by atoms with Crippen LogP contribution < -0.4 is 9.64 Å². The molecule has 4 heteroatoms. The third-order valence-electron chi connectivity index (χ3n) is 5.74. The molecule has 0 amide bonds. The Bertz CT molecular complexity index is 985. The minimum Gasteiger partial charge on any atom is -0.487 e. The highest BCUT2D eigenvalue weighted by atomic mass is 16.5. The monoisotopic (exact) mass is 389 g/mol. The number of pyridine rings is 1. The molecule has 0 spiro atoms. The highest BCUT2D eigenvalue weighted by Crippen LogP contribution is 2.31. The van der Waals surface area contributed by atoms with Crippen LogP contribution in [0.5, 0.6) is 5.75 Å². The first-order chi connectivity index (χ1) is 13.9. The van der Waals surface area contributed by atoms with Crippen LogP contribution in [-0.2, 0) is 12.0 Å². The van der Waals surface area contributed by atoms with Crippen molar-refractivity contribution in [3.63, 3.8) is 0 Å². The minimum atomic E-state index is 0.109. The molecule has 0 atom stereocenters. The van der Waals surface area contributed by atoms with Crippen LogP contribution in [0, 0.1) is 0 Å². The summed E-state index contributed by atoms with van der Waals surface area (Å²) in [6.45, 7) is 11.5. The van der Waals surface area contributed by atoms with Crippen LogP contribution in [0.2, 0.25) is 0 Å². The van der Waals surface area contributed by atoms with Crippen molar-refractivity contribution < 1.29 is 4.74 Å². The highest BCUT2D eigenvalue weighted by Gasteiger charge is 2.17. The van der Waals surface area contributed by atoms with Gasteiger partial charge in [-0.05, 0) is 53.7 Å². The lowest BCUT2D eigenvalue weighted by Gasteiger charge is -2.34. The summed E-state index contributed by atoms with van der Waals surface area (Å²) in [5, 5.41) is 2.51. The van der Waals surface area contributed by atoms with Crippen molar-refractivity contribution in [2.45, 2.75) is 32.8 Å². The SMILES string of the molecule is CN1CCN(c2cccc3ccc(OCc4cc(C(C)(C)C)ccn4)cc23)CC1. The van der Waals surface area contributed by atoms with E-state index < -0.39 is 0 Å². The molecule has 4 rings (SSSR count). The third-order valence-corrected chi connectivity index (χ3v) is 5.74. The van der Waals surface area contributed by atoms with Gasteiger partial charge in [0, 0.05) is 43.4 Å². The van der Waals surface area contributed by atoms with E-state index in [1.54, 1.807) is 0 Å². The maximum Gasteiger partial charge on any atom is 0.130 e. The van der Waals surface area contributed by atoms with Gasteiger partial charge in [0.2, 0.25) is 0 Å². The molecule has 0 unspecified atom stereocenters. The van der Waals surface area contributed by atoms with Crippen LogP contribution in [0.25, 0.3) is 10.8 Å². The Morgan fingerprint density at radius 1 is 0.966 bits per heavy atom. The molecular weight excluding hydrogens is 358 g/mol. The van der Waals surface area contributed by atoms with E-state index in [9.17, 15) is 0 Å². The Kier molecular flexibility index (Phi) is 5.46. The Hall–Kier alpha value is -2.59. The van der Waals surface area contributed by atoms with Gasteiger partial charge in [-0.25, -0.2) is 0 Å². The molecular formula is C25H31N3O. The second-order valence-corrected chi connectivity index (χ2v) is 9.02. The van der Waals surface area contributed by atoms with Crippen molar-refractivity contribution in [3.05, 3.63) is 66.0 Å². The normalized spacial score (nSPS) is 15.7. The Morgan fingerprint density at radius 2 is 1.76 bits per heavy atom. The first-order valence-electron chi connectivity index (χ1n) is 10.4. The van der Waals surface area contributed by atoms with E-state index in [4.69, 9.17) is 4.74 Å². The fourth-order valence-electron chi connectivity index (χ4n) is 3.83. The summed E-state index contributed by atoms with van der Waals surface area (Å²) in [4.78, 5) is 9.36. The molecule has 3 aromatic rings. The molecule has 1 aliphatic rings. The fourth-order valence-corrected chi connectivity index (χ4v) is 3.83. The summed E-state index contributed by atoms with van der Waals surface area (Å²) in [5.41, 5.74) is 3.65. The van der Waals surface area contributed by atoms with E-state index in [0.29, 0.717) is 6.61 Å². The van der Waals surface area contributed by atoms with Crippen molar-refractivity contribution in [2.24, 2.45) is 0 Å². The predicted molar refractivity (Wildman–Crippen MR) is 121 cm³/mol. The average molecular weight is 390 g/mol. The molecule has 1 fully saturated rings. The van der Waals surface area contributed by atoms with Crippen LogP contribution in [0.1, 0.15) is 32.0 Å². The summed E-state index contributed by atoms with van der Waals surface area (Å²) in [6, 6.07) is 17.2. The molecule has 29 heavy (non-hydrogen) atoms. The number of ether oxygens (including phenoxy) is 1. The Balaban J connectivity index is 1.55. The number of rotatable bonds is 4. The van der Waals surface area contributed by atoms with Gasteiger partial charge in [-0.2, -0.15) is 0 Å². The van der Waals surface area contributed by atoms with Crippen molar-refractivity contribution in [1.29, 1.82) is 0 Å². The van der Waals surface area contributed by atoms with Gasteiger partial charge in [-0.15, -0.1) is 0 Å². The van der Waals surface area contributed by atoms with Gasteiger partial charge < -0.3 is 14.5 Å². The smallest absolute Gasteiger partial charge is 0.130 e. The molecule has 2 heterocycles. The first kappa shape index (κ1) is 19.7. The van der Waals surface area contributed by atoms with Gasteiger partial charge in [0.05, 0.1) is 5.69 Å². The van der Waals surface area contributed by atoms with E-state index in [-0.39, 0.29) is 5.41 Å². The molecule has 1 aliphatic heterocycles. The minimum absolute atomic E-state index is 0.109. The van der Waals surface area contributed by atoms with E-state index in [2.05, 4.69) is 91.1 Å². The second kappa shape index (κ2) is 8.03. The van der Waals surface area contributed by atoms with Crippen LogP contribution >= 0.6 is 0 Å². The Labute approximate surface area is 174 Å². The fraction of sp³-hybridized carbons (Fsp3) is 0.400. The van der Waals surface area contributed by atoms with Crippen LogP contribution in [-0.4, -0.2) is 43.1 Å². The van der Waals surface area contributed by atoms with Gasteiger partial charge in [0.25, 0.3) is 0 Å².